The van der Waals surface area contributed by atoms with Gasteiger partial charge in [-0.15, -0.1) is 0 Å². The summed E-state index contributed by atoms with van der Waals surface area (Å²) in [7, 11) is 0. The number of rotatable bonds is 3. The lowest BCUT2D eigenvalue weighted by Gasteiger charge is -2.22. The smallest absolute Gasteiger partial charge is 0.354 e. The molecule has 1 heterocycles. The van der Waals surface area contributed by atoms with Crippen LogP contribution in [0.5, 0.6) is 0 Å². The second-order valence-corrected chi connectivity index (χ2v) is 5.71. The van der Waals surface area contributed by atoms with Crippen molar-refractivity contribution in [2.24, 2.45) is 0 Å². The molecule has 0 bridgehead atoms. The van der Waals surface area contributed by atoms with Gasteiger partial charge in [-0.1, -0.05) is 19.1 Å². The Bertz CT molecular complexity index is 570. The Morgan fingerprint density at radius 3 is 2.52 bits per heavy atom. The summed E-state index contributed by atoms with van der Waals surface area (Å²) in [6.07, 6.45) is -3.87. The highest BCUT2D eigenvalue weighted by Gasteiger charge is 2.30. The lowest BCUT2D eigenvalue weighted by Crippen LogP contribution is -2.34. The zero-order valence-electron chi connectivity index (χ0n) is 12.8. The van der Waals surface area contributed by atoms with Crippen LogP contribution in [-0.2, 0) is 15.8 Å². The van der Waals surface area contributed by atoms with Crippen LogP contribution in [0.2, 0.25) is 0 Å². The van der Waals surface area contributed by atoms with Crippen LogP contribution >= 0.6 is 0 Å². The van der Waals surface area contributed by atoms with Crippen LogP contribution in [-0.4, -0.2) is 36.3 Å². The molecule has 2 amide bonds. The third kappa shape index (κ3) is 4.71. The molecule has 1 aromatic carbocycles. The summed E-state index contributed by atoms with van der Waals surface area (Å²) in [6, 6.07) is 4.89. The molecule has 1 saturated heterocycles. The molecule has 0 spiro atoms. The summed E-state index contributed by atoms with van der Waals surface area (Å²) in [5, 5.41) is 2.70. The van der Waals surface area contributed by atoms with Crippen molar-refractivity contribution >= 4 is 11.8 Å². The SMILES string of the molecule is CC(CC(=O)N1CCNC(=O)CC1)c1ccc(C(F)(F)F)cc1. The van der Waals surface area contributed by atoms with Gasteiger partial charge in [-0.2, -0.15) is 13.2 Å². The van der Waals surface area contributed by atoms with Crippen molar-refractivity contribution in [2.75, 3.05) is 19.6 Å². The van der Waals surface area contributed by atoms with Gasteiger partial charge in [-0.05, 0) is 23.6 Å². The molecule has 0 saturated carbocycles. The van der Waals surface area contributed by atoms with Gasteiger partial charge in [0.2, 0.25) is 11.8 Å². The predicted molar refractivity (Wildman–Crippen MR) is 78.7 cm³/mol. The quantitative estimate of drug-likeness (QED) is 0.927. The fraction of sp³-hybridized carbons (Fsp3) is 0.500. The van der Waals surface area contributed by atoms with Gasteiger partial charge in [0, 0.05) is 32.5 Å². The van der Waals surface area contributed by atoms with Crippen LogP contribution in [0.25, 0.3) is 0 Å². The number of alkyl halides is 3. The van der Waals surface area contributed by atoms with Crippen molar-refractivity contribution in [1.82, 2.24) is 10.2 Å². The van der Waals surface area contributed by atoms with E-state index in [0.29, 0.717) is 25.2 Å². The molecule has 4 nitrogen and oxygen atoms in total. The van der Waals surface area contributed by atoms with Gasteiger partial charge < -0.3 is 10.2 Å². The van der Waals surface area contributed by atoms with E-state index in [0.717, 1.165) is 12.1 Å². The Balaban J connectivity index is 1.96. The molecule has 1 atom stereocenters. The lowest BCUT2D eigenvalue weighted by molar-refractivity contribution is -0.137. The van der Waals surface area contributed by atoms with E-state index < -0.39 is 11.7 Å². The first kappa shape index (κ1) is 17.3. The van der Waals surface area contributed by atoms with Gasteiger partial charge in [0.05, 0.1) is 5.56 Å². The molecule has 23 heavy (non-hydrogen) atoms. The second kappa shape index (κ2) is 7.02. The molecular weight excluding hydrogens is 309 g/mol. The van der Waals surface area contributed by atoms with Crippen LogP contribution in [0.3, 0.4) is 0 Å². The Labute approximate surface area is 132 Å². The molecule has 1 unspecified atom stereocenters. The predicted octanol–water partition coefficient (Wildman–Crippen LogP) is 2.55. The number of carbonyl (C=O) groups excluding carboxylic acids is 2. The zero-order valence-corrected chi connectivity index (χ0v) is 12.8. The molecule has 0 radical (unpaired) electrons. The van der Waals surface area contributed by atoms with Crippen molar-refractivity contribution in [1.29, 1.82) is 0 Å². The average Bonchev–Trinajstić information content (AvgIpc) is 2.71. The molecule has 1 fully saturated rings. The number of nitrogens with zero attached hydrogens (tertiary/aromatic N) is 1. The van der Waals surface area contributed by atoms with Gasteiger partial charge in [0.1, 0.15) is 0 Å². The maximum Gasteiger partial charge on any atom is 0.416 e. The molecule has 1 aliphatic heterocycles. The molecule has 126 valence electrons. The van der Waals surface area contributed by atoms with Crippen molar-refractivity contribution in [3.63, 3.8) is 0 Å². The first-order valence-corrected chi connectivity index (χ1v) is 7.49. The van der Waals surface area contributed by atoms with Crippen molar-refractivity contribution in [3.05, 3.63) is 35.4 Å². The molecular formula is C16H19F3N2O2. The van der Waals surface area contributed by atoms with Crippen LogP contribution < -0.4 is 5.32 Å². The third-order valence-corrected chi connectivity index (χ3v) is 3.95. The van der Waals surface area contributed by atoms with Gasteiger partial charge in [0.25, 0.3) is 0 Å². The number of halogens is 3. The lowest BCUT2D eigenvalue weighted by atomic mass is 9.96. The second-order valence-electron chi connectivity index (χ2n) is 5.71. The molecule has 1 N–H and O–H groups in total. The van der Waals surface area contributed by atoms with E-state index >= 15 is 0 Å². The van der Waals surface area contributed by atoms with E-state index in [1.165, 1.54) is 12.1 Å². The van der Waals surface area contributed by atoms with Gasteiger partial charge >= 0.3 is 6.18 Å². The van der Waals surface area contributed by atoms with E-state index in [9.17, 15) is 22.8 Å². The zero-order chi connectivity index (χ0) is 17.0. The van der Waals surface area contributed by atoms with E-state index in [1.54, 1.807) is 4.90 Å². The van der Waals surface area contributed by atoms with Gasteiger partial charge in [-0.25, -0.2) is 0 Å². The number of carbonyl (C=O) groups is 2. The average molecular weight is 328 g/mol. The maximum absolute atomic E-state index is 12.5. The maximum atomic E-state index is 12.5. The highest BCUT2D eigenvalue weighted by Crippen LogP contribution is 2.30. The molecule has 2 rings (SSSR count). The first-order valence-electron chi connectivity index (χ1n) is 7.49. The summed E-state index contributed by atoms with van der Waals surface area (Å²) in [4.78, 5) is 25.2. The molecule has 0 aliphatic carbocycles. The van der Waals surface area contributed by atoms with Crippen LogP contribution in [0.1, 0.15) is 36.8 Å². The minimum absolute atomic E-state index is 0.0731. The molecule has 1 aliphatic rings. The fourth-order valence-corrected chi connectivity index (χ4v) is 2.53. The standard InChI is InChI=1S/C16H19F3N2O2/c1-11(12-2-4-13(5-3-12)16(17,18)19)10-15(23)21-8-6-14(22)20-7-9-21/h2-5,11H,6-10H2,1H3,(H,20,22). The van der Waals surface area contributed by atoms with Crippen molar-refractivity contribution < 1.29 is 22.8 Å². The summed E-state index contributed by atoms with van der Waals surface area (Å²) >= 11 is 0. The van der Waals surface area contributed by atoms with Crippen LogP contribution in [0.15, 0.2) is 24.3 Å². The Kier molecular flexibility index (Phi) is 5.28. The monoisotopic (exact) mass is 328 g/mol. The van der Waals surface area contributed by atoms with E-state index in [2.05, 4.69) is 5.32 Å². The van der Waals surface area contributed by atoms with Crippen molar-refractivity contribution in [3.8, 4) is 0 Å². The van der Waals surface area contributed by atoms with E-state index in [1.807, 2.05) is 6.92 Å². The van der Waals surface area contributed by atoms with Crippen LogP contribution in [0.4, 0.5) is 13.2 Å². The Morgan fingerprint density at radius 1 is 1.26 bits per heavy atom. The summed E-state index contributed by atoms with van der Waals surface area (Å²) < 4.78 is 37.6. The fourth-order valence-electron chi connectivity index (χ4n) is 2.53. The Morgan fingerprint density at radius 2 is 1.91 bits per heavy atom. The topological polar surface area (TPSA) is 49.4 Å². The van der Waals surface area contributed by atoms with E-state index in [-0.39, 0.29) is 30.6 Å². The Hall–Kier alpha value is -2.05. The summed E-state index contributed by atoms with van der Waals surface area (Å²) in [6.45, 7) is 3.08. The van der Waals surface area contributed by atoms with Crippen molar-refractivity contribution in [2.45, 2.75) is 31.9 Å². The third-order valence-electron chi connectivity index (χ3n) is 3.95. The summed E-state index contributed by atoms with van der Waals surface area (Å²) in [5.74, 6) is -0.346. The van der Waals surface area contributed by atoms with Gasteiger partial charge in [0.15, 0.2) is 0 Å². The molecule has 7 heteroatoms. The van der Waals surface area contributed by atoms with E-state index in [4.69, 9.17) is 0 Å². The summed E-state index contributed by atoms with van der Waals surface area (Å²) in [5.41, 5.74) is -0.00717. The molecule has 0 aromatic heterocycles. The number of nitrogens with one attached hydrogen (secondary N) is 1. The minimum Gasteiger partial charge on any atom is -0.354 e. The minimum atomic E-state index is -4.36. The normalized spacial score (nSPS) is 17.4. The van der Waals surface area contributed by atoms with Gasteiger partial charge in [-0.3, -0.25) is 9.59 Å². The van der Waals surface area contributed by atoms with Crippen LogP contribution in [0, 0.1) is 0 Å². The number of benzene rings is 1. The highest BCUT2D eigenvalue weighted by atomic mass is 19.4. The number of hydrogen-bond acceptors (Lipinski definition) is 2. The number of hydrogen-bond donors (Lipinski definition) is 1. The molecule has 1 aromatic rings. The number of amides is 2. The first-order chi connectivity index (χ1) is 10.8. The highest BCUT2D eigenvalue weighted by molar-refractivity contribution is 5.80. The largest absolute Gasteiger partial charge is 0.416 e.